The highest BCUT2D eigenvalue weighted by atomic mass is 14.5. The van der Waals surface area contributed by atoms with Crippen molar-refractivity contribution < 1.29 is 0 Å². The Balaban J connectivity index is 5.29. The molecule has 0 saturated heterocycles. The second kappa shape index (κ2) is 6.07. The fourth-order valence-corrected chi connectivity index (χ4v) is 3.93. The lowest BCUT2D eigenvalue weighted by Crippen LogP contribution is -2.43. The van der Waals surface area contributed by atoms with Gasteiger partial charge in [0.2, 0.25) is 0 Å². The van der Waals surface area contributed by atoms with Gasteiger partial charge in [-0.15, -0.1) is 0 Å². The van der Waals surface area contributed by atoms with E-state index in [1.165, 1.54) is 6.42 Å². The SMILES string of the molecule is CCC(C)C(C)(C(C)C)C(C(C)C)C(C)C. The van der Waals surface area contributed by atoms with Gasteiger partial charge < -0.3 is 0 Å². The summed E-state index contributed by atoms with van der Waals surface area (Å²) in [5.41, 5.74) is 0.469. The second-order valence-corrected chi connectivity index (χ2v) is 6.84. The van der Waals surface area contributed by atoms with E-state index in [0.717, 1.165) is 29.6 Å². The summed E-state index contributed by atoms with van der Waals surface area (Å²) in [6.45, 7) is 21.7. The highest BCUT2D eigenvalue weighted by Crippen LogP contribution is 2.49. The van der Waals surface area contributed by atoms with Crippen molar-refractivity contribution in [2.24, 2.45) is 35.0 Å². The van der Waals surface area contributed by atoms with E-state index < -0.39 is 0 Å². The molecule has 0 radical (unpaired) electrons. The maximum absolute atomic E-state index is 2.52. The molecule has 2 atom stereocenters. The summed E-state index contributed by atoms with van der Waals surface area (Å²) >= 11 is 0. The Morgan fingerprint density at radius 1 is 0.812 bits per heavy atom. The van der Waals surface area contributed by atoms with Gasteiger partial charge in [-0.2, -0.15) is 0 Å². The van der Waals surface area contributed by atoms with Crippen molar-refractivity contribution in [3.05, 3.63) is 0 Å². The molecule has 0 aromatic rings. The zero-order valence-corrected chi connectivity index (χ0v) is 13.1. The van der Waals surface area contributed by atoms with E-state index >= 15 is 0 Å². The molecule has 0 saturated carbocycles. The standard InChI is InChI=1S/C16H34/c1-10-14(8)16(9,13(6)7)15(11(2)3)12(4)5/h11-15H,10H2,1-9H3. The molecule has 0 bridgehead atoms. The highest BCUT2D eigenvalue weighted by molar-refractivity contribution is 4.91. The fraction of sp³-hybridized carbons (Fsp3) is 1.00. The van der Waals surface area contributed by atoms with Crippen LogP contribution in [-0.2, 0) is 0 Å². The van der Waals surface area contributed by atoms with E-state index in [0.29, 0.717) is 5.41 Å². The van der Waals surface area contributed by atoms with Crippen molar-refractivity contribution in [3.63, 3.8) is 0 Å². The average molecular weight is 226 g/mol. The van der Waals surface area contributed by atoms with E-state index in [4.69, 9.17) is 0 Å². The summed E-state index contributed by atoms with van der Waals surface area (Å²) < 4.78 is 0. The summed E-state index contributed by atoms with van der Waals surface area (Å²) in [6, 6.07) is 0. The molecule has 0 heterocycles. The van der Waals surface area contributed by atoms with E-state index in [9.17, 15) is 0 Å². The molecule has 0 aromatic carbocycles. The maximum Gasteiger partial charge on any atom is -0.0244 e. The van der Waals surface area contributed by atoms with Gasteiger partial charge >= 0.3 is 0 Å². The minimum atomic E-state index is 0.469. The molecule has 2 unspecified atom stereocenters. The molecule has 0 rings (SSSR count). The van der Waals surface area contributed by atoms with Gasteiger partial charge in [0.05, 0.1) is 0 Å². The molecular weight excluding hydrogens is 192 g/mol. The summed E-state index contributed by atoms with van der Waals surface area (Å²) in [7, 11) is 0. The number of hydrogen-bond acceptors (Lipinski definition) is 0. The van der Waals surface area contributed by atoms with E-state index in [1.54, 1.807) is 0 Å². The van der Waals surface area contributed by atoms with Crippen LogP contribution >= 0.6 is 0 Å². The Hall–Kier alpha value is 0. The first-order valence-corrected chi connectivity index (χ1v) is 7.19. The lowest BCUT2D eigenvalue weighted by Gasteiger charge is -2.50. The van der Waals surface area contributed by atoms with Crippen LogP contribution in [-0.4, -0.2) is 0 Å². The maximum atomic E-state index is 2.52. The minimum Gasteiger partial charge on any atom is -0.0651 e. The Bertz CT molecular complexity index is 182. The first-order valence-electron chi connectivity index (χ1n) is 7.19. The van der Waals surface area contributed by atoms with Crippen LogP contribution in [0, 0.1) is 35.0 Å². The third-order valence-electron chi connectivity index (χ3n) is 5.07. The Labute approximate surface area is 104 Å². The molecule has 0 N–H and O–H groups in total. The van der Waals surface area contributed by atoms with E-state index in [-0.39, 0.29) is 0 Å². The van der Waals surface area contributed by atoms with Crippen LogP contribution in [0.15, 0.2) is 0 Å². The summed E-state index contributed by atoms with van der Waals surface area (Å²) in [6.07, 6.45) is 1.30. The summed E-state index contributed by atoms with van der Waals surface area (Å²) in [4.78, 5) is 0. The van der Waals surface area contributed by atoms with E-state index in [2.05, 4.69) is 62.3 Å². The molecule has 0 aliphatic heterocycles. The van der Waals surface area contributed by atoms with Gasteiger partial charge in [0, 0.05) is 0 Å². The van der Waals surface area contributed by atoms with Crippen molar-refractivity contribution in [3.8, 4) is 0 Å². The van der Waals surface area contributed by atoms with Crippen LogP contribution in [0.3, 0.4) is 0 Å². The molecule has 98 valence electrons. The number of hydrogen-bond donors (Lipinski definition) is 0. The third kappa shape index (κ3) is 3.02. The molecule has 0 aromatic heterocycles. The first kappa shape index (κ1) is 16.0. The predicted molar refractivity (Wildman–Crippen MR) is 75.6 cm³/mol. The zero-order valence-electron chi connectivity index (χ0n) is 13.1. The monoisotopic (exact) mass is 226 g/mol. The molecule has 0 fully saturated rings. The first-order chi connectivity index (χ1) is 7.19. The average Bonchev–Trinajstić information content (AvgIpc) is 2.14. The van der Waals surface area contributed by atoms with Gasteiger partial charge in [0.25, 0.3) is 0 Å². The zero-order chi connectivity index (χ0) is 13.1. The Morgan fingerprint density at radius 2 is 1.19 bits per heavy atom. The topological polar surface area (TPSA) is 0 Å². The molecule has 0 amide bonds. The molecule has 0 aliphatic carbocycles. The highest BCUT2D eigenvalue weighted by Gasteiger charge is 2.43. The van der Waals surface area contributed by atoms with Gasteiger partial charge in [-0.3, -0.25) is 0 Å². The lowest BCUT2D eigenvalue weighted by atomic mass is 9.55. The van der Waals surface area contributed by atoms with Crippen LogP contribution in [0.4, 0.5) is 0 Å². The van der Waals surface area contributed by atoms with Gasteiger partial charge in [0.15, 0.2) is 0 Å². The molecule has 0 heteroatoms. The summed E-state index contributed by atoms with van der Waals surface area (Å²) in [5, 5.41) is 0. The van der Waals surface area contributed by atoms with Crippen LogP contribution in [0.1, 0.15) is 68.7 Å². The van der Waals surface area contributed by atoms with Gasteiger partial charge in [-0.1, -0.05) is 68.7 Å². The Morgan fingerprint density at radius 3 is 1.38 bits per heavy atom. The molecule has 0 nitrogen and oxygen atoms in total. The van der Waals surface area contributed by atoms with E-state index in [1.807, 2.05) is 0 Å². The van der Waals surface area contributed by atoms with Gasteiger partial charge in [0.1, 0.15) is 0 Å². The van der Waals surface area contributed by atoms with Crippen molar-refractivity contribution in [1.82, 2.24) is 0 Å². The van der Waals surface area contributed by atoms with Crippen LogP contribution in [0.25, 0.3) is 0 Å². The van der Waals surface area contributed by atoms with Gasteiger partial charge in [-0.25, -0.2) is 0 Å². The predicted octanol–water partition coefficient (Wildman–Crippen LogP) is 5.62. The summed E-state index contributed by atoms with van der Waals surface area (Å²) in [5.74, 6) is 3.95. The van der Waals surface area contributed by atoms with Crippen LogP contribution in [0.5, 0.6) is 0 Å². The Kier molecular flexibility index (Phi) is 6.07. The lowest BCUT2D eigenvalue weighted by molar-refractivity contribution is -0.0119. The van der Waals surface area contributed by atoms with Crippen molar-refractivity contribution in [2.45, 2.75) is 68.7 Å². The van der Waals surface area contributed by atoms with Crippen molar-refractivity contribution in [2.75, 3.05) is 0 Å². The minimum absolute atomic E-state index is 0.469. The fourth-order valence-electron chi connectivity index (χ4n) is 3.93. The quantitative estimate of drug-likeness (QED) is 0.551. The molecule has 0 aliphatic rings. The number of rotatable bonds is 6. The molecule has 16 heavy (non-hydrogen) atoms. The normalized spacial score (nSPS) is 18.6. The van der Waals surface area contributed by atoms with Crippen molar-refractivity contribution >= 4 is 0 Å². The van der Waals surface area contributed by atoms with Crippen molar-refractivity contribution in [1.29, 1.82) is 0 Å². The van der Waals surface area contributed by atoms with Crippen LogP contribution in [0.2, 0.25) is 0 Å². The third-order valence-corrected chi connectivity index (χ3v) is 5.07. The molecular formula is C16H34. The van der Waals surface area contributed by atoms with Gasteiger partial charge in [-0.05, 0) is 35.0 Å². The second-order valence-electron chi connectivity index (χ2n) is 6.84. The smallest absolute Gasteiger partial charge is 0.0244 e. The van der Waals surface area contributed by atoms with Crippen LogP contribution < -0.4 is 0 Å². The largest absolute Gasteiger partial charge is 0.0651 e. The molecule has 0 spiro atoms.